The van der Waals surface area contributed by atoms with Gasteiger partial charge in [-0.25, -0.2) is 9.67 Å². The van der Waals surface area contributed by atoms with E-state index in [-0.39, 0.29) is 28.1 Å². The number of thiophene rings is 1. The summed E-state index contributed by atoms with van der Waals surface area (Å²) in [6, 6.07) is 0. The van der Waals surface area contributed by atoms with Gasteiger partial charge in [-0.1, -0.05) is 17.7 Å². The second-order valence-electron chi connectivity index (χ2n) is 6.44. The molecule has 0 unspecified atom stereocenters. The molecule has 2 aromatic rings. The first-order valence-corrected chi connectivity index (χ1v) is 10.7. The second-order valence-corrected chi connectivity index (χ2v) is 8.79. The summed E-state index contributed by atoms with van der Waals surface area (Å²) >= 11 is 8.02. The van der Waals surface area contributed by atoms with Crippen molar-refractivity contribution in [2.24, 2.45) is 4.99 Å². The summed E-state index contributed by atoms with van der Waals surface area (Å²) in [5, 5.41) is -0.470. The van der Waals surface area contributed by atoms with E-state index in [1.54, 1.807) is 10.9 Å². The van der Waals surface area contributed by atoms with Gasteiger partial charge in [0.25, 0.3) is 0 Å². The Bertz CT molecular complexity index is 1030. The lowest BCUT2D eigenvalue weighted by Crippen LogP contribution is -2.25. The SMILES string of the molecule is O=C(Cc1sc(F)c(N=c2sc(=O)n3n2CCC=C3)c1Cl)OC1CCCC1. The Balaban J connectivity index is 1.61. The summed E-state index contributed by atoms with van der Waals surface area (Å²) in [5.74, 6) is -0.401. The minimum absolute atomic E-state index is 0.0305. The number of fused-ring (bicyclic) bond motifs is 1. The fraction of sp³-hybridized carbons (Fsp3) is 0.471. The van der Waals surface area contributed by atoms with Crippen LogP contribution in [0.1, 0.15) is 37.0 Å². The quantitative estimate of drug-likeness (QED) is 0.696. The zero-order valence-corrected chi connectivity index (χ0v) is 16.7. The molecule has 10 heteroatoms. The van der Waals surface area contributed by atoms with E-state index in [0.29, 0.717) is 16.2 Å². The van der Waals surface area contributed by atoms with Crippen LogP contribution < -0.4 is 9.67 Å². The summed E-state index contributed by atoms with van der Waals surface area (Å²) in [5.41, 5.74) is -0.0305. The lowest BCUT2D eigenvalue weighted by Gasteiger charge is -2.10. The molecule has 0 radical (unpaired) electrons. The molecule has 3 heterocycles. The van der Waals surface area contributed by atoms with E-state index in [4.69, 9.17) is 16.3 Å². The number of hydrogen-bond acceptors (Lipinski definition) is 6. The van der Waals surface area contributed by atoms with Crippen LogP contribution in [0.3, 0.4) is 0 Å². The number of allylic oxidation sites excluding steroid dienone is 1. The Labute approximate surface area is 167 Å². The Kier molecular flexibility index (Phi) is 5.34. The van der Waals surface area contributed by atoms with E-state index in [0.717, 1.165) is 54.8 Å². The summed E-state index contributed by atoms with van der Waals surface area (Å²) in [6.07, 6.45) is 8.10. The highest BCUT2D eigenvalue weighted by atomic mass is 35.5. The molecule has 1 aliphatic heterocycles. The number of nitrogens with zero attached hydrogens (tertiary/aromatic N) is 3. The number of hydrogen-bond donors (Lipinski definition) is 0. The van der Waals surface area contributed by atoms with E-state index < -0.39 is 11.1 Å². The molecule has 0 N–H and O–H groups in total. The van der Waals surface area contributed by atoms with Gasteiger partial charge in [-0.3, -0.25) is 14.3 Å². The molecule has 0 amide bonds. The summed E-state index contributed by atoms with van der Waals surface area (Å²) in [4.78, 5) is 29.0. The Hall–Kier alpha value is -1.71. The first-order valence-electron chi connectivity index (χ1n) is 8.73. The van der Waals surface area contributed by atoms with Crippen LogP contribution in [0.4, 0.5) is 10.1 Å². The number of rotatable bonds is 4. The van der Waals surface area contributed by atoms with Crippen molar-refractivity contribution in [1.82, 2.24) is 9.36 Å². The maximum absolute atomic E-state index is 14.4. The van der Waals surface area contributed by atoms with Crippen molar-refractivity contribution in [3.05, 3.63) is 35.6 Å². The van der Waals surface area contributed by atoms with Crippen molar-refractivity contribution in [3.63, 3.8) is 0 Å². The van der Waals surface area contributed by atoms with Gasteiger partial charge in [-0.15, -0.1) is 11.3 Å². The third kappa shape index (κ3) is 3.81. The molecule has 1 saturated carbocycles. The van der Waals surface area contributed by atoms with Crippen LogP contribution >= 0.6 is 34.3 Å². The van der Waals surface area contributed by atoms with Gasteiger partial charge in [-0.2, -0.15) is 4.39 Å². The van der Waals surface area contributed by atoms with Gasteiger partial charge in [0.2, 0.25) is 9.93 Å². The summed E-state index contributed by atoms with van der Waals surface area (Å²) in [6.45, 7) is 0.581. The molecular formula is C17H17ClFN3O3S2. The lowest BCUT2D eigenvalue weighted by atomic mass is 10.3. The molecule has 0 spiro atoms. The maximum atomic E-state index is 14.4. The molecule has 4 rings (SSSR count). The van der Waals surface area contributed by atoms with Gasteiger partial charge in [0.05, 0.1) is 11.4 Å². The normalized spacial score (nSPS) is 17.5. The number of carbonyl (C=O) groups is 1. The van der Waals surface area contributed by atoms with Crippen LogP contribution in [0.5, 0.6) is 0 Å². The lowest BCUT2D eigenvalue weighted by molar-refractivity contribution is -0.147. The number of carbonyl (C=O) groups excluding carboxylic acids is 1. The zero-order valence-electron chi connectivity index (χ0n) is 14.3. The van der Waals surface area contributed by atoms with Crippen molar-refractivity contribution < 1.29 is 13.9 Å². The second kappa shape index (κ2) is 7.73. The average Bonchev–Trinajstić information content (AvgIpc) is 3.32. The largest absolute Gasteiger partial charge is 0.462 e. The Morgan fingerprint density at radius 2 is 2.15 bits per heavy atom. The summed E-state index contributed by atoms with van der Waals surface area (Å²) < 4.78 is 23.0. The predicted molar refractivity (Wildman–Crippen MR) is 103 cm³/mol. The van der Waals surface area contributed by atoms with Crippen molar-refractivity contribution >= 4 is 52.1 Å². The molecule has 1 fully saturated rings. The van der Waals surface area contributed by atoms with Crippen molar-refractivity contribution in [2.75, 3.05) is 0 Å². The highest BCUT2D eigenvalue weighted by molar-refractivity contribution is 7.11. The minimum Gasteiger partial charge on any atom is -0.462 e. The average molecular weight is 430 g/mol. The number of esters is 1. The van der Waals surface area contributed by atoms with E-state index in [9.17, 15) is 14.0 Å². The predicted octanol–water partition coefficient (Wildman–Crippen LogP) is 3.70. The number of aromatic nitrogens is 2. The Morgan fingerprint density at radius 3 is 2.93 bits per heavy atom. The van der Waals surface area contributed by atoms with Crippen LogP contribution in [-0.4, -0.2) is 21.4 Å². The molecule has 1 aliphatic carbocycles. The monoisotopic (exact) mass is 429 g/mol. The van der Waals surface area contributed by atoms with Crippen LogP contribution in [0.2, 0.25) is 5.02 Å². The van der Waals surface area contributed by atoms with Crippen molar-refractivity contribution in [1.29, 1.82) is 0 Å². The number of ether oxygens (including phenoxy) is 1. The molecule has 6 nitrogen and oxygen atoms in total. The van der Waals surface area contributed by atoms with Gasteiger partial charge in [0, 0.05) is 17.6 Å². The van der Waals surface area contributed by atoms with Gasteiger partial charge < -0.3 is 4.74 Å². The van der Waals surface area contributed by atoms with Gasteiger partial charge >= 0.3 is 10.8 Å². The van der Waals surface area contributed by atoms with Crippen LogP contribution in [0, 0.1) is 5.13 Å². The highest BCUT2D eigenvalue weighted by Crippen LogP contribution is 2.38. The van der Waals surface area contributed by atoms with Crippen LogP contribution in [0.25, 0.3) is 6.20 Å². The topological polar surface area (TPSA) is 65.6 Å². The van der Waals surface area contributed by atoms with Gasteiger partial charge in [0.1, 0.15) is 11.8 Å². The smallest absolute Gasteiger partial charge is 0.329 e. The molecule has 2 aliphatic rings. The first-order chi connectivity index (χ1) is 13.0. The van der Waals surface area contributed by atoms with Crippen LogP contribution in [0.15, 0.2) is 15.9 Å². The Morgan fingerprint density at radius 1 is 1.37 bits per heavy atom. The zero-order chi connectivity index (χ0) is 19.0. The standard InChI is InChI=1S/C17H17ClFN3O3S2/c18-13-11(9-12(23)25-10-5-1-2-6-10)26-15(19)14(13)20-16-21-7-3-4-8-22(21)17(24)27-16/h4,8,10H,1-3,5-7,9H2. The van der Waals surface area contributed by atoms with Crippen LogP contribution in [-0.2, 0) is 22.5 Å². The van der Waals surface area contributed by atoms with Crippen molar-refractivity contribution in [3.8, 4) is 0 Å². The maximum Gasteiger partial charge on any atom is 0.329 e. The third-order valence-electron chi connectivity index (χ3n) is 4.57. The van der Waals surface area contributed by atoms with E-state index in [1.165, 1.54) is 4.68 Å². The molecule has 0 saturated heterocycles. The van der Waals surface area contributed by atoms with E-state index in [2.05, 4.69) is 4.99 Å². The molecule has 27 heavy (non-hydrogen) atoms. The number of halogens is 2. The fourth-order valence-corrected chi connectivity index (χ4v) is 5.28. The molecule has 0 aromatic carbocycles. The molecular weight excluding hydrogens is 413 g/mol. The van der Waals surface area contributed by atoms with Crippen molar-refractivity contribution in [2.45, 2.75) is 51.2 Å². The summed E-state index contributed by atoms with van der Waals surface area (Å²) in [7, 11) is 0. The molecule has 0 bridgehead atoms. The fourth-order valence-electron chi connectivity index (χ4n) is 3.25. The molecule has 2 aromatic heterocycles. The highest BCUT2D eigenvalue weighted by Gasteiger charge is 2.23. The van der Waals surface area contributed by atoms with Gasteiger partial charge in [0.15, 0.2) is 0 Å². The first kappa shape index (κ1) is 18.6. The van der Waals surface area contributed by atoms with E-state index >= 15 is 0 Å². The molecule has 144 valence electrons. The third-order valence-corrected chi connectivity index (χ3v) is 6.90. The van der Waals surface area contributed by atoms with E-state index in [1.807, 2.05) is 6.08 Å². The van der Waals surface area contributed by atoms with Gasteiger partial charge in [-0.05, 0) is 43.4 Å². The molecule has 0 atom stereocenters. The minimum atomic E-state index is -0.574.